The number of methoxy groups -OCH3 is 3. The molecule has 32 heavy (non-hydrogen) atoms. The lowest BCUT2D eigenvalue weighted by atomic mass is 10.0. The van der Waals surface area contributed by atoms with E-state index in [1.54, 1.807) is 32.4 Å². The summed E-state index contributed by atoms with van der Waals surface area (Å²) >= 11 is 0. The summed E-state index contributed by atoms with van der Waals surface area (Å²) in [7, 11) is 8.57. The second kappa shape index (κ2) is 10.2. The summed E-state index contributed by atoms with van der Waals surface area (Å²) in [5.41, 5.74) is 2.84. The largest absolute Gasteiger partial charge is 0.493 e. The van der Waals surface area contributed by atoms with E-state index in [1.165, 1.54) is 12.0 Å². The van der Waals surface area contributed by atoms with E-state index < -0.39 is 0 Å². The monoisotopic (exact) mass is 439 g/mol. The maximum absolute atomic E-state index is 13.3. The SMILES string of the molecule is COCCCN1C(=O)C(Nc2ccc(N(C)C)cc2)=C(c2ccc(OC)c(OC)c2)C1=O. The molecule has 3 rings (SSSR count). The summed E-state index contributed by atoms with van der Waals surface area (Å²) in [5.74, 6) is 0.294. The van der Waals surface area contributed by atoms with E-state index in [4.69, 9.17) is 14.2 Å². The Bertz CT molecular complexity index is 1010. The van der Waals surface area contributed by atoms with Crippen LogP contribution in [-0.2, 0) is 14.3 Å². The van der Waals surface area contributed by atoms with Crippen molar-refractivity contribution in [2.24, 2.45) is 0 Å². The lowest BCUT2D eigenvalue weighted by Gasteiger charge is -2.15. The smallest absolute Gasteiger partial charge is 0.278 e. The molecule has 0 saturated heterocycles. The van der Waals surface area contributed by atoms with Gasteiger partial charge in [-0.05, 0) is 48.4 Å². The highest BCUT2D eigenvalue weighted by atomic mass is 16.5. The van der Waals surface area contributed by atoms with Crippen LogP contribution in [0.2, 0.25) is 0 Å². The normalized spacial score (nSPS) is 13.6. The average molecular weight is 440 g/mol. The summed E-state index contributed by atoms with van der Waals surface area (Å²) < 4.78 is 15.8. The predicted octanol–water partition coefficient (Wildman–Crippen LogP) is 3.00. The number of nitrogens with one attached hydrogen (secondary N) is 1. The fourth-order valence-corrected chi connectivity index (χ4v) is 3.51. The number of rotatable bonds is 10. The molecule has 0 radical (unpaired) electrons. The van der Waals surface area contributed by atoms with Gasteiger partial charge in [-0.3, -0.25) is 14.5 Å². The summed E-state index contributed by atoms with van der Waals surface area (Å²) in [4.78, 5) is 29.8. The van der Waals surface area contributed by atoms with Crippen molar-refractivity contribution in [3.63, 3.8) is 0 Å². The van der Waals surface area contributed by atoms with Crippen molar-refractivity contribution in [3.05, 3.63) is 53.7 Å². The number of hydrogen-bond acceptors (Lipinski definition) is 7. The van der Waals surface area contributed by atoms with Gasteiger partial charge in [0.1, 0.15) is 5.70 Å². The Kier molecular flexibility index (Phi) is 7.37. The molecule has 0 unspecified atom stereocenters. The Balaban J connectivity index is 2.02. The Morgan fingerprint density at radius 2 is 1.59 bits per heavy atom. The third-order valence-electron chi connectivity index (χ3n) is 5.22. The molecule has 1 aliphatic heterocycles. The number of benzene rings is 2. The van der Waals surface area contributed by atoms with Crippen molar-refractivity contribution in [1.29, 1.82) is 0 Å². The minimum absolute atomic E-state index is 0.234. The van der Waals surface area contributed by atoms with Gasteiger partial charge in [0.25, 0.3) is 11.8 Å². The molecular formula is C24H29N3O5. The molecule has 8 heteroatoms. The molecule has 0 spiro atoms. The van der Waals surface area contributed by atoms with Gasteiger partial charge in [0.05, 0.1) is 19.8 Å². The van der Waals surface area contributed by atoms with Gasteiger partial charge in [0.15, 0.2) is 11.5 Å². The maximum atomic E-state index is 13.3. The van der Waals surface area contributed by atoms with Gasteiger partial charge in [-0.15, -0.1) is 0 Å². The fraction of sp³-hybridized carbons (Fsp3) is 0.333. The molecule has 1 heterocycles. The first-order valence-electron chi connectivity index (χ1n) is 10.3. The first-order valence-corrected chi connectivity index (χ1v) is 10.3. The van der Waals surface area contributed by atoms with Crippen molar-refractivity contribution in [2.45, 2.75) is 6.42 Å². The molecule has 0 saturated carbocycles. The van der Waals surface area contributed by atoms with Gasteiger partial charge < -0.3 is 24.4 Å². The zero-order valence-electron chi connectivity index (χ0n) is 19.1. The molecular weight excluding hydrogens is 410 g/mol. The van der Waals surface area contributed by atoms with E-state index in [0.29, 0.717) is 41.4 Å². The Labute approximate surface area is 188 Å². The predicted molar refractivity (Wildman–Crippen MR) is 124 cm³/mol. The minimum Gasteiger partial charge on any atom is -0.493 e. The summed E-state index contributed by atoms with van der Waals surface area (Å²) in [6.07, 6.45) is 0.554. The van der Waals surface area contributed by atoms with Crippen molar-refractivity contribution >= 4 is 28.8 Å². The van der Waals surface area contributed by atoms with Gasteiger partial charge in [-0.25, -0.2) is 0 Å². The summed E-state index contributed by atoms with van der Waals surface area (Å²) in [5, 5.41) is 3.17. The van der Waals surface area contributed by atoms with Crippen LogP contribution in [0.4, 0.5) is 11.4 Å². The molecule has 0 fully saturated rings. The van der Waals surface area contributed by atoms with Crippen molar-refractivity contribution < 1.29 is 23.8 Å². The molecule has 2 aromatic rings. The number of carbonyl (C=O) groups excluding carboxylic acids is 2. The van der Waals surface area contributed by atoms with E-state index in [1.807, 2.05) is 43.3 Å². The molecule has 0 aromatic heterocycles. The minimum atomic E-state index is -0.368. The average Bonchev–Trinajstić information content (AvgIpc) is 3.03. The lowest BCUT2D eigenvalue weighted by molar-refractivity contribution is -0.136. The molecule has 8 nitrogen and oxygen atoms in total. The molecule has 0 bridgehead atoms. The van der Waals surface area contributed by atoms with Crippen molar-refractivity contribution in [1.82, 2.24) is 4.90 Å². The highest BCUT2D eigenvalue weighted by Gasteiger charge is 2.39. The number of anilines is 2. The van der Waals surface area contributed by atoms with Gasteiger partial charge in [-0.1, -0.05) is 6.07 Å². The van der Waals surface area contributed by atoms with Crippen molar-refractivity contribution in [3.8, 4) is 11.5 Å². The number of hydrogen-bond donors (Lipinski definition) is 1. The highest BCUT2D eigenvalue weighted by Crippen LogP contribution is 2.35. The molecule has 1 N–H and O–H groups in total. The van der Waals surface area contributed by atoms with Crippen LogP contribution in [-0.4, -0.2) is 65.3 Å². The first-order chi connectivity index (χ1) is 15.4. The van der Waals surface area contributed by atoms with Crippen LogP contribution in [0.1, 0.15) is 12.0 Å². The van der Waals surface area contributed by atoms with E-state index in [0.717, 1.165) is 5.69 Å². The van der Waals surface area contributed by atoms with Crippen LogP contribution in [0.5, 0.6) is 11.5 Å². The third-order valence-corrected chi connectivity index (χ3v) is 5.22. The standard InChI is InChI=1S/C24H29N3O5/c1-26(2)18-10-8-17(9-11-18)25-22-21(16-7-12-19(31-4)20(15-16)32-5)23(28)27(24(22)29)13-6-14-30-3/h7-12,15,25H,6,13-14H2,1-5H3. The molecule has 1 aliphatic rings. The van der Waals surface area contributed by atoms with Gasteiger partial charge in [0, 0.05) is 45.7 Å². The van der Waals surface area contributed by atoms with Crippen molar-refractivity contribution in [2.75, 3.05) is 58.8 Å². The fourth-order valence-electron chi connectivity index (χ4n) is 3.51. The number of imide groups is 1. The van der Waals surface area contributed by atoms with Crippen LogP contribution < -0.4 is 19.7 Å². The van der Waals surface area contributed by atoms with Crippen LogP contribution in [0, 0.1) is 0 Å². The van der Waals surface area contributed by atoms with Crippen LogP contribution >= 0.6 is 0 Å². The zero-order valence-corrected chi connectivity index (χ0v) is 19.1. The lowest BCUT2D eigenvalue weighted by Crippen LogP contribution is -2.33. The molecule has 170 valence electrons. The number of carbonyl (C=O) groups is 2. The summed E-state index contributed by atoms with van der Waals surface area (Å²) in [6, 6.07) is 12.8. The Hall–Kier alpha value is -3.52. The number of amides is 2. The van der Waals surface area contributed by atoms with E-state index in [9.17, 15) is 9.59 Å². The number of nitrogens with zero attached hydrogens (tertiary/aromatic N) is 2. The Morgan fingerprint density at radius 1 is 0.906 bits per heavy atom. The van der Waals surface area contributed by atoms with Gasteiger partial charge in [-0.2, -0.15) is 0 Å². The third kappa shape index (κ3) is 4.70. The van der Waals surface area contributed by atoms with Gasteiger partial charge >= 0.3 is 0 Å². The second-order valence-corrected chi connectivity index (χ2v) is 7.49. The molecule has 0 atom stereocenters. The van der Waals surface area contributed by atoms with Crippen LogP contribution in [0.25, 0.3) is 5.57 Å². The molecule has 2 aromatic carbocycles. The van der Waals surface area contributed by atoms with Gasteiger partial charge in [0.2, 0.25) is 0 Å². The van der Waals surface area contributed by atoms with E-state index in [2.05, 4.69) is 5.32 Å². The first kappa shape index (κ1) is 23.1. The Morgan fingerprint density at radius 3 is 2.19 bits per heavy atom. The summed E-state index contributed by atoms with van der Waals surface area (Å²) in [6.45, 7) is 0.727. The van der Waals surface area contributed by atoms with E-state index >= 15 is 0 Å². The van der Waals surface area contributed by atoms with Crippen LogP contribution in [0.3, 0.4) is 0 Å². The second-order valence-electron chi connectivity index (χ2n) is 7.49. The quantitative estimate of drug-likeness (QED) is 0.450. The topological polar surface area (TPSA) is 80.3 Å². The molecule has 0 aliphatic carbocycles. The van der Waals surface area contributed by atoms with Crippen LogP contribution in [0.15, 0.2) is 48.2 Å². The highest BCUT2D eigenvalue weighted by molar-refractivity contribution is 6.36. The van der Waals surface area contributed by atoms with E-state index in [-0.39, 0.29) is 24.1 Å². The zero-order chi connectivity index (χ0) is 23.3. The number of ether oxygens (including phenoxy) is 3. The molecule has 2 amide bonds. The maximum Gasteiger partial charge on any atom is 0.278 e.